The summed E-state index contributed by atoms with van der Waals surface area (Å²) in [7, 11) is -3.61. The summed E-state index contributed by atoms with van der Waals surface area (Å²) in [6, 6.07) is 17.9. The van der Waals surface area contributed by atoms with Crippen LogP contribution < -0.4 is 11.2 Å². The molecule has 6 heteroatoms. The zero-order valence-corrected chi connectivity index (χ0v) is 12.5. The van der Waals surface area contributed by atoms with E-state index in [1.165, 1.54) is 0 Å². The molecule has 0 unspecified atom stereocenters. The summed E-state index contributed by atoms with van der Waals surface area (Å²) < 4.78 is 27.1. The third-order valence-corrected chi connectivity index (χ3v) is 3.43. The number of hydroxylamine groups is 1. The van der Waals surface area contributed by atoms with Crippen molar-refractivity contribution in [3.8, 4) is 0 Å². The van der Waals surface area contributed by atoms with Gasteiger partial charge in [0.2, 0.25) is 0 Å². The quantitative estimate of drug-likeness (QED) is 0.797. The molecule has 0 heterocycles. The number of hydrogen-bond acceptors (Lipinski definition) is 5. The summed E-state index contributed by atoms with van der Waals surface area (Å²) >= 11 is 0. The average molecular weight is 306 g/mol. The Labute approximate surface area is 124 Å². The van der Waals surface area contributed by atoms with Crippen molar-refractivity contribution in [2.45, 2.75) is 12.1 Å². The van der Waals surface area contributed by atoms with Crippen molar-refractivity contribution in [1.29, 1.82) is 0 Å². The smallest absolute Gasteiger partial charge is 0.280 e. The Kier molecular flexibility index (Phi) is 5.08. The molecule has 2 aromatic rings. The maximum atomic E-state index is 11.2. The van der Waals surface area contributed by atoms with Crippen molar-refractivity contribution in [2.75, 3.05) is 6.26 Å². The highest BCUT2D eigenvalue weighted by Crippen LogP contribution is 2.26. The Morgan fingerprint density at radius 2 is 1.43 bits per heavy atom. The fourth-order valence-electron chi connectivity index (χ4n) is 2.02. The summed E-state index contributed by atoms with van der Waals surface area (Å²) in [5.74, 6) is 0. The second-order valence-electron chi connectivity index (χ2n) is 4.73. The molecule has 2 rings (SSSR count). The van der Waals surface area contributed by atoms with E-state index in [1.807, 2.05) is 60.7 Å². The molecule has 0 saturated carbocycles. The molecule has 0 amide bonds. The summed E-state index contributed by atoms with van der Waals surface area (Å²) in [4.78, 5) is 0. The van der Waals surface area contributed by atoms with Gasteiger partial charge in [-0.15, -0.1) is 0 Å². The van der Waals surface area contributed by atoms with E-state index in [1.54, 1.807) is 0 Å². The second-order valence-corrected chi connectivity index (χ2v) is 6.31. The second kappa shape index (κ2) is 6.82. The van der Waals surface area contributed by atoms with Crippen molar-refractivity contribution < 1.29 is 12.7 Å². The van der Waals surface area contributed by atoms with Crippen molar-refractivity contribution >= 4 is 10.1 Å². The van der Waals surface area contributed by atoms with Gasteiger partial charge in [0.25, 0.3) is 10.1 Å². The van der Waals surface area contributed by atoms with Crippen molar-refractivity contribution in [3.05, 3.63) is 71.8 Å². The van der Waals surface area contributed by atoms with E-state index in [0.717, 1.165) is 17.4 Å². The summed E-state index contributed by atoms with van der Waals surface area (Å²) in [6.45, 7) is 0. The van der Waals surface area contributed by atoms with E-state index >= 15 is 0 Å². The SMILES string of the molecule is CS(=O)(=O)ON[C@@H](c1ccccc1)[C@@H](N)c1ccccc1. The minimum absolute atomic E-state index is 0.449. The Morgan fingerprint density at radius 3 is 1.90 bits per heavy atom. The highest BCUT2D eigenvalue weighted by Gasteiger charge is 2.22. The number of nitrogens with two attached hydrogens (primary N) is 1. The van der Waals surface area contributed by atoms with Gasteiger partial charge in [0.05, 0.1) is 18.3 Å². The van der Waals surface area contributed by atoms with E-state index in [9.17, 15) is 8.42 Å². The third kappa shape index (κ3) is 4.64. The molecule has 0 aliphatic heterocycles. The van der Waals surface area contributed by atoms with Crippen LogP contribution in [0.3, 0.4) is 0 Å². The van der Waals surface area contributed by atoms with Crippen LogP contribution in [0.25, 0.3) is 0 Å². The zero-order valence-electron chi connectivity index (χ0n) is 11.6. The molecule has 21 heavy (non-hydrogen) atoms. The van der Waals surface area contributed by atoms with Crippen LogP contribution in [0, 0.1) is 0 Å². The Hall–Kier alpha value is -1.73. The van der Waals surface area contributed by atoms with Crippen LogP contribution in [-0.4, -0.2) is 14.7 Å². The van der Waals surface area contributed by atoms with Crippen molar-refractivity contribution in [1.82, 2.24) is 5.48 Å². The molecule has 0 spiro atoms. The van der Waals surface area contributed by atoms with Gasteiger partial charge in [-0.3, -0.25) is 0 Å². The first-order valence-corrected chi connectivity index (χ1v) is 8.28. The van der Waals surface area contributed by atoms with E-state index < -0.39 is 22.2 Å². The molecule has 0 bridgehead atoms. The van der Waals surface area contributed by atoms with Crippen LogP contribution in [-0.2, 0) is 14.4 Å². The van der Waals surface area contributed by atoms with Gasteiger partial charge in [-0.2, -0.15) is 18.2 Å². The molecule has 2 atom stereocenters. The summed E-state index contributed by atoms with van der Waals surface area (Å²) in [6.07, 6.45) is 0.982. The van der Waals surface area contributed by atoms with Gasteiger partial charge >= 0.3 is 0 Å². The predicted octanol–water partition coefficient (Wildman–Crippen LogP) is 1.91. The fourth-order valence-corrected chi connectivity index (χ4v) is 2.29. The molecule has 0 aromatic heterocycles. The minimum Gasteiger partial charge on any atom is -0.322 e. The maximum absolute atomic E-state index is 11.2. The first-order chi connectivity index (χ1) is 9.97. The Morgan fingerprint density at radius 1 is 0.952 bits per heavy atom. The van der Waals surface area contributed by atoms with Crippen molar-refractivity contribution in [2.24, 2.45) is 5.73 Å². The Bertz CT molecular complexity index is 660. The molecule has 3 N–H and O–H groups in total. The van der Waals surface area contributed by atoms with E-state index in [4.69, 9.17) is 10.0 Å². The molecule has 0 saturated heterocycles. The number of benzene rings is 2. The van der Waals surface area contributed by atoms with Gasteiger partial charge in [0.1, 0.15) is 0 Å². The predicted molar refractivity (Wildman–Crippen MR) is 81.6 cm³/mol. The first kappa shape index (κ1) is 15.7. The molecule has 0 radical (unpaired) electrons. The number of nitrogens with one attached hydrogen (secondary N) is 1. The molecular weight excluding hydrogens is 288 g/mol. The molecule has 112 valence electrons. The van der Waals surface area contributed by atoms with Gasteiger partial charge in [-0.25, -0.2) is 0 Å². The molecule has 2 aromatic carbocycles. The lowest BCUT2D eigenvalue weighted by atomic mass is 9.95. The van der Waals surface area contributed by atoms with E-state index in [0.29, 0.717) is 0 Å². The minimum atomic E-state index is -3.61. The maximum Gasteiger partial charge on any atom is 0.280 e. The van der Waals surface area contributed by atoms with Gasteiger partial charge in [0.15, 0.2) is 0 Å². The molecule has 0 aliphatic rings. The monoisotopic (exact) mass is 306 g/mol. The van der Waals surface area contributed by atoms with Crippen LogP contribution in [0.4, 0.5) is 0 Å². The van der Waals surface area contributed by atoms with Gasteiger partial charge in [-0.1, -0.05) is 60.7 Å². The standard InChI is InChI=1S/C15H18N2O3S/c1-21(18,19)20-17-15(13-10-6-3-7-11-13)14(16)12-8-4-2-5-9-12/h2-11,14-15,17H,16H2,1H3/t14-,15-/m0/s1. The van der Waals surface area contributed by atoms with Gasteiger partial charge in [-0.05, 0) is 11.1 Å². The fraction of sp³-hybridized carbons (Fsp3) is 0.200. The van der Waals surface area contributed by atoms with E-state index in [-0.39, 0.29) is 0 Å². The van der Waals surface area contributed by atoms with E-state index in [2.05, 4.69) is 5.48 Å². The lowest BCUT2D eigenvalue weighted by Gasteiger charge is -2.24. The lowest BCUT2D eigenvalue weighted by molar-refractivity contribution is 0.151. The topological polar surface area (TPSA) is 81.4 Å². The van der Waals surface area contributed by atoms with Crippen molar-refractivity contribution in [3.63, 3.8) is 0 Å². The van der Waals surface area contributed by atoms with Crippen LogP contribution in [0.5, 0.6) is 0 Å². The largest absolute Gasteiger partial charge is 0.322 e. The zero-order chi connectivity index (χ0) is 15.3. The molecule has 0 aliphatic carbocycles. The third-order valence-electron chi connectivity index (χ3n) is 3.03. The van der Waals surface area contributed by atoms with Crippen LogP contribution in [0.1, 0.15) is 23.2 Å². The molecule has 0 fully saturated rings. The van der Waals surface area contributed by atoms with Gasteiger partial charge in [0, 0.05) is 0 Å². The summed E-state index contributed by atoms with van der Waals surface area (Å²) in [5, 5.41) is 0. The first-order valence-electron chi connectivity index (χ1n) is 6.47. The number of hydrogen-bond donors (Lipinski definition) is 2. The molecular formula is C15H18N2O3S. The lowest BCUT2D eigenvalue weighted by Crippen LogP contribution is -2.33. The average Bonchev–Trinajstić information content (AvgIpc) is 2.48. The highest BCUT2D eigenvalue weighted by molar-refractivity contribution is 7.85. The molecule has 5 nitrogen and oxygen atoms in total. The Balaban J connectivity index is 2.27. The van der Waals surface area contributed by atoms with Crippen LogP contribution >= 0.6 is 0 Å². The highest BCUT2D eigenvalue weighted by atomic mass is 32.2. The number of rotatable bonds is 6. The van der Waals surface area contributed by atoms with Crippen LogP contribution in [0.2, 0.25) is 0 Å². The summed E-state index contributed by atoms with van der Waals surface area (Å²) in [5.41, 5.74) is 10.6. The van der Waals surface area contributed by atoms with Crippen LogP contribution in [0.15, 0.2) is 60.7 Å². The van der Waals surface area contributed by atoms with Gasteiger partial charge < -0.3 is 5.73 Å². The normalized spacial score (nSPS) is 14.6.